The fourth-order valence-electron chi connectivity index (χ4n) is 7.57. The first-order valence-corrected chi connectivity index (χ1v) is 26.6. The van der Waals surface area contributed by atoms with Gasteiger partial charge in [-0.1, -0.05) is 223 Å². The Bertz CT molecular complexity index is 1090. The molecule has 0 radical (unpaired) electrons. The van der Waals surface area contributed by atoms with E-state index >= 15 is 0 Å². The Balaban J connectivity index is 4.38. The molecule has 0 aliphatic heterocycles. The molecule has 0 unspecified atom stereocenters. The Labute approximate surface area is 384 Å². The number of hydrogen-bond acceptors (Lipinski definition) is 6. The molecule has 0 aromatic carbocycles. The molecule has 0 aliphatic carbocycles. The standard InChI is InChI=1S/C56H100O6/c1-4-7-10-13-16-19-22-25-27-29-31-34-37-40-43-46-49-55(58)61-52-53(51-60-54(57)48-45-42-39-36-33-30-24-21-18-15-12-9-6-3)62-56(59)50-47-44-41-38-35-32-28-26-23-20-17-14-11-8-5-2/h8,11,17,20-21,24,26,28,53H,4-7,9-10,12-16,18-19,22-23,25,27,29-52H2,1-3H3/b11-8-,20-17-,24-21-,28-26-/t53-/m1/s1. The van der Waals surface area contributed by atoms with E-state index in [-0.39, 0.29) is 31.1 Å². The predicted octanol–water partition coefficient (Wildman–Crippen LogP) is 17.5. The van der Waals surface area contributed by atoms with Crippen LogP contribution in [0.2, 0.25) is 0 Å². The van der Waals surface area contributed by atoms with Gasteiger partial charge < -0.3 is 14.2 Å². The zero-order valence-electron chi connectivity index (χ0n) is 41.1. The molecule has 0 saturated heterocycles. The molecule has 0 aliphatic rings. The lowest BCUT2D eigenvalue weighted by atomic mass is 10.0. The second-order valence-electron chi connectivity index (χ2n) is 17.8. The number of carbonyl (C=O) groups excluding carboxylic acids is 3. The third-order valence-corrected chi connectivity index (χ3v) is 11.6. The largest absolute Gasteiger partial charge is 0.462 e. The Hall–Kier alpha value is -2.63. The highest BCUT2D eigenvalue weighted by molar-refractivity contribution is 5.71. The van der Waals surface area contributed by atoms with Gasteiger partial charge >= 0.3 is 17.9 Å². The van der Waals surface area contributed by atoms with Gasteiger partial charge in [0.2, 0.25) is 0 Å². The average Bonchev–Trinajstić information content (AvgIpc) is 3.27. The van der Waals surface area contributed by atoms with Gasteiger partial charge in [0.1, 0.15) is 13.2 Å². The van der Waals surface area contributed by atoms with E-state index in [9.17, 15) is 14.4 Å². The number of hydrogen-bond donors (Lipinski definition) is 0. The Kier molecular flexibility index (Phi) is 48.8. The molecule has 0 N–H and O–H groups in total. The topological polar surface area (TPSA) is 78.9 Å². The van der Waals surface area contributed by atoms with Crippen molar-refractivity contribution in [3.05, 3.63) is 48.6 Å². The van der Waals surface area contributed by atoms with Gasteiger partial charge in [-0.25, -0.2) is 0 Å². The van der Waals surface area contributed by atoms with Crippen molar-refractivity contribution in [2.24, 2.45) is 0 Å². The summed E-state index contributed by atoms with van der Waals surface area (Å²) in [6, 6.07) is 0. The van der Waals surface area contributed by atoms with Gasteiger partial charge in [0.05, 0.1) is 0 Å². The van der Waals surface area contributed by atoms with Crippen LogP contribution in [0, 0.1) is 0 Å². The minimum Gasteiger partial charge on any atom is -0.462 e. The lowest BCUT2D eigenvalue weighted by Gasteiger charge is -2.18. The SMILES string of the molecule is CC/C=C\C/C=C\C/C=C\CCCCCCCC(=O)O[C@H](COC(=O)CCCCCCC/C=C\CCCCCC)COC(=O)CCCCCCCCCCCCCCCCCC. The normalized spacial score (nSPS) is 12.4. The molecule has 0 aromatic heterocycles. The molecule has 1 atom stereocenters. The van der Waals surface area contributed by atoms with Crippen molar-refractivity contribution in [2.45, 2.75) is 277 Å². The number of carbonyl (C=O) groups is 3. The highest BCUT2D eigenvalue weighted by atomic mass is 16.6. The zero-order chi connectivity index (χ0) is 45.1. The average molecular weight is 869 g/mol. The molecule has 0 spiro atoms. The van der Waals surface area contributed by atoms with Crippen LogP contribution in [-0.2, 0) is 28.6 Å². The van der Waals surface area contributed by atoms with Crippen molar-refractivity contribution >= 4 is 17.9 Å². The summed E-state index contributed by atoms with van der Waals surface area (Å²) < 4.78 is 16.8. The summed E-state index contributed by atoms with van der Waals surface area (Å²) in [4.78, 5) is 38.0. The van der Waals surface area contributed by atoms with Crippen LogP contribution in [-0.4, -0.2) is 37.2 Å². The molecule has 0 aromatic rings. The van der Waals surface area contributed by atoms with E-state index in [2.05, 4.69) is 69.4 Å². The quantitative estimate of drug-likeness (QED) is 0.0262. The van der Waals surface area contributed by atoms with Crippen molar-refractivity contribution in [2.75, 3.05) is 13.2 Å². The summed E-state index contributed by atoms with van der Waals surface area (Å²) in [6.07, 6.45) is 60.9. The maximum absolute atomic E-state index is 12.8. The fraction of sp³-hybridized carbons (Fsp3) is 0.804. The Morgan fingerprint density at radius 3 is 1.02 bits per heavy atom. The van der Waals surface area contributed by atoms with E-state index in [0.717, 1.165) is 103 Å². The summed E-state index contributed by atoms with van der Waals surface area (Å²) in [7, 11) is 0. The van der Waals surface area contributed by atoms with Crippen LogP contribution >= 0.6 is 0 Å². The van der Waals surface area contributed by atoms with Crippen LogP contribution in [0.4, 0.5) is 0 Å². The first-order chi connectivity index (χ1) is 30.5. The minimum absolute atomic E-state index is 0.0802. The first-order valence-electron chi connectivity index (χ1n) is 26.6. The van der Waals surface area contributed by atoms with Crippen LogP contribution in [0.1, 0.15) is 271 Å². The molecule has 360 valence electrons. The monoisotopic (exact) mass is 869 g/mol. The van der Waals surface area contributed by atoms with Crippen molar-refractivity contribution in [3.63, 3.8) is 0 Å². The summed E-state index contributed by atoms with van der Waals surface area (Å²) in [6.45, 7) is 6.51. The van der Waals surface area contributed by atoms with Gasteiger partial charge in [0.25, 0.3) is 0 Å². The summed E-state index contributed by atoms with van der Waals surface area (Å²) in [5, 5.41) is 0. The van der Waals surface area contributed by atoms with Crippen molar-refractivity contribution in [1.82, 2.24) is 0 Å². The van der Waals surface area contributed by atoms with Gasteiger partial charge in [0, 0.05) is 19.3 Å². The number of rotatable bonds is 48. The molecule has 0 heterocycles. The van der Waals surface area contributed by atoms with Crippen LogP contribution in [0.25, 0.3) is 0 Å². The highest BCUT2D eigenvalue weighted by Crippen LogP contribution is 2.16. The van der Waals surface area contributed by atoms with Crippen LogP contribution in [0.3, 0.4) is 0 Å². The summed E-state index contributed by atoms with van der Waals surface area (Å²) >= 11 is 0. The van der Waals surface area contributed by atoms with Gasteiger partial charge in [-0.05, 0) is 77.0 Å². The van der Waals surface area contributed by atoms with E-state index in [1.165, 1.54) is 128 Å². The van der Waals surface area contributed by atoms with E-state index in [0.29, 0.717) is 19.3 Å². The Morgan fingerprint density at radius 2 is 0.629 bits per heavy atom. The second-order valence-corrected chi connectivity index (χ2v) is 17.8. The van der Waals surface area contributed by atoms with Gasteiger partial charge in [-0.15, -0.1) is 0 Å². The third kappa shape index (κ3) is 48.4. The molecule has 6 nitrogen and oxygen atoms in total. The Morgan fingerprint density at radius 1 is 0.339 bits per heavy atom. The van der Waals surface area contributed by atoms with Crippen LogP contribution in [0.5, 0.6) is 0 Å². The van der Waals surface area contributed by atoms with Gasteiger partial charge in [-0.2, -0.15) is 0 Å². The van der Waals surface area contributed by atoms with E-state index in [4.69, 9.17) is 14.2 Å². The smallest absolute Gasteiger partial charge is 0.306 e. The zero-order valence-corrected chi connectivity index (χ0v) is 41.1. The van der Waals surface area contributed by atoms with Gasteiger partial charge in [-0.3, -0.25) is 14.4 Å². The first kappa shape index (κ1) is 59.4. The van der Waals surface area contributed by atoms with E-state index in [1.807, 2.05) is 0 Å². The van der Waals surface area contributed by atoms with E-state index in [1.54, 1.807) is 0 Å². The van der Waals surface area contributed by atoms with Crippen LogP contribution in [0.15, 0.2) is 48.6 Å². The van der Waals surface area contributed by atoms with Crippen molar-refractivity contribution in [1.29, 1.82) is 0 Å². The number of allylic oxidation sites excluding steroid dienone is 8. The molecular weight excluding hydrogens is 769 g/mol. The second kappa shape index (κ2) is 51.0. The molecule has 62 heavy (non-hydrogen) atoms. The maximum Gasteiger partial charge on any atom is 0.306 e. The minimum atomic E-state index is -0.782. The molecule has 0 amide bonds. The van der Waals surface area contributed by atoms with E-state index < -0.39 is 6.10 Å². The van der Waals surface area contributed by atoms with Crippen molar-refractivity contribution in [3.8, 4) is 0 Å². The number of unbranched alkanes of at least 4 members (excludes halogenated alkanes) is 29. The van der Waals surface area contributed by atoms with Gasteiger partial charge in [0.15, 0.2) is 6.10 Å². The fourth-order valence-corrected chi connectivity index (χ4v) is 7.57. The van der Waals surface area contributed by atoms with Crippen LogP contribution < -0.4 is 0 Å². The molecule has 0 fully saturated rings. The lowest BCUT2D eigenvalue weighted by molar-refractivity contribution is -0.167. The molecule has 0 saturated carbocycles. The lowest BCUT2D eigenvalue weighted by Crippen LogP contribution is -2.30. The molecule has 6 heteroatoms. The number of esters is 3. The molecule has 0 bridgehead atoms. The number of ether oxygens (including phenoxy) is 3. The van der Waals surface area contributed by atoms with Crippen molar-refractivity contribution < 1.29 is 28.6 Å². The highest BCUT2D eigenvalue weighted by Gasteiger charge is 2.19. The maximum atomic E-state index is 12.8. The summed E-state index contributed by atoms with van der Waals surface area (Å²) in [5.41, 5.74) is 0. The summed E-state index contributed by atoms with van der Waals surface area (Å²) in [5.74, 6) is -0.897. The third-order valence-electron chi connectivity index (χ3n) is 11.6. The predicted molar refractivity (Wildman–Crippen MR) is 265 cm³/mol. The molecular formula is C56H100O6. The molecule has 0 rings (SSSR count).